The highest BCUT2D eigenvalue weighted by Crippen LogP contribution is 2.41. The average molecular weight is 453 g/mol. The van der Waals surface area contributed by atoms with Crippen LogP contribution in [0.1, 0.15) is 34.9 Å². The summed E-state index contributed by atoms with van der Waals surface area (Å²) in [5, 5.41) is 15.6. The molecular formula is C23H24N4O4S. The number of furan rings is 1. The molecule has 0 aliphatic carbocycles. The van der Waals surface area contributed by atoms with Crippen molar-refractivity contribution in [3.63, 3.8) is 0 Å². The summed E-state index contributed by atoms with van der Waals surface area (Å²) in [6, 6.07) is 11.7. The summed E-state index contributed by atoms with van der Waals surface area (Å²) >= 11 is 1.42. The van der Waals surface area contributed by atoms with Crippen LogP contribution in [-0.4, -0.2) is 50.8 Å². The van der Waals surface area contributed by atoms with Crippen molar-refractivity contribution >= 4 is 22.3 Å². The fourth-order valence-corrected chi connectivity index (χ4v) is 5.39. The molecule has 166 valence electrons. The number of nitrogens with zero attached hydrogens (tertiary/aromatic N) is 4. The SMILES string of the molecule is COC(=O)C1CCN([C@@H](c2ccc(C)cc2)c2sc3nc(-c4ccco4)nn3c2O)CC1. The van der Waals surface area contributed by atoms with E-state index in [-0.39, 0.29) is 23.8 Å². The molecule has 5 rings (SSSR count). The van der Waals surface area contributed by atoms with Gasteiger partial charge in [-0.3, -0.25) is 9.69 Å². The summed E-state index contributed by atoms with van der Waals surface area (Å²) in [6.07, 6.45) is 3.01. The van der Waals surface area contributed by atoms with E-state index < -0.39 is 0 Å². The number of fused-ring (bicyclic) bond motifs is 1. The zero-order valence-corrected chi connectivity index (χ0v) is 18.7. The Bertz CT molecular complexity index is 1220. The molecule has 1 fully saturated rings. The van der Waals surface area contributed by atoms with Crippen LogP contribution >= 0.6 is 11.3 Å². The molecule has 1 aliphatic heterocycles. The van der Waals surface area contributed by atoms with E-state index in [0.29, 0.717) is 16.5 Å². The number of carbonyl (C=O) groups excluding carboxylic acids is 1. The van der Waals surface area contributed by atoms with Gasteiger partial charge in [-0.15, -0.1) is 5.10 Å². The smallest absolute Gasteiger partial charge is 0.308 e. The van der Waals surface area contributed by atoms with Gasteiger partial charge in [-0.05, 0) is 50.6 Å². The maximum atomic E-state index is 12.0. The van der Waals surface area contributed by atoms with Crippen molar-refractivity contribution in [1.29, 1.82) is 0 Å². The lowest BCUT2D eigenvalue weighted by atomic mass is 9.93. The number of esters is 1. The molecule has 0 bridgehead atoms. The van der Waals surface area contributed by atoms with Gasteiger partial charge >= 0.3 is 5.97 Å². The average Bonchev–Trinajstić information content (AvgIpc) is 3.54. The molecule has 1 aliphatic rings. The monoisotopic (exact) mass is 452 g/mol. The molecule has 0 radical (unpaired) electrons. The Morgan fingerprint density at radius 2 is 2.00 bits per heavy atom. The standard InChI is InChI=1S/C23H24N4O4S/c1-14-5-7-15(8-6-14)18(26-11-9-16(10-12-26)22(29)30-2)19-21(28)27-23(32-19)24-20(25-27)17-4-3-13-31-17/h3-8,13,16,18,28H,9-12H2,1-2H3/t18-/m0/s1. The lowest BCUT2D eigenvalue weighted by molar-refractivity contribution is -0.147. The van der Waals surface area contributed by atoms with Gasteiger partial charge in [0.1, 0.15) is 0 Å². The first-order chi connectivity index (χ1) is 15.5. The van der Waals surface area contributed by atoms with Gasteiger partial charge in [0.15, 0.2) is 5.76 Å². The quantitative estimate of drug-likeness (QED) is 0.457. The number of rotatable bonds is 5. The lowest BCUT2D eigenvalue weighted by Crippen LogP contribution is -2.39. The third-order valence-corrected chi connectivity index (χ3v) is 7.08. The number of thiazole rings is 1. The van der Waals surface area contributed by atoms with Gasteiger partial charge in [0, 0.05) is 0 Å². The number of hydrogen-bond donors (Lipinski definition) is 1. The molecule has 3 aromatic heterocycles. The molecule has 4 heterocycles. The Kier molecular flexibility index (Phi) is 5.44. The number of carbonyl (C=O) groups is 1. The Morgan fingerprint density at radius 3 is 2.62 bits per heavy atom. The predicted octanol–water partition coefficient (Wildman–Crippen LogP) is 4.04. The molecule has 8 nitrogen and oxygen atoms in total. The first-order valence-corrected chi connectivity index (χ1v) is 11.4. The van der Waals surface area contributed by atoms with Crippen molar-refractivity contribution in [2.45, 2.75) is 25.8 Å². The summed E-state index contributed by atoms with van der Waals surface area (Å²) in [7, 11) is 1.44. The zero-order chi connectivity index (χ0) is 22.2. The number of aryl methyl sites for hydroxylation is 1. The van der Waals surface area contributed by atoms with Crippen molar-refractivity contribution in [1.82, 2.24) is 19.5 Å². The molecule has 32 heavy (non-hydrogen) atoms. The zero-order valence-electron chi connectivity index (χ0n) is 17.9. The van der Waals surface area contributed by atoms with Gasteiger partial charge in [-0.25, -0.2) is 0 Å². The van der Waals surface area contributed by atoms with E-state index in [4.69, 9.17) is 9.15 Å². The van der Waals surface area contributed by atoms with Crippen molar-refractivity contribution in [2.75, 3.05) is 20.2 Å². The van der Waals surface area contributed by atoms with E-state index in [2.05, 4.69) is 46.2 Å². The molecule has 0 unspecified atom stereocenters. The largest absolute Gasteiger partial charge is 0.492 e. The van der Waals surface area contributed by atoms with E-state index in [9.17, 15) is 9.90 Å². The molecule has 9 heteroatoms. The van der Waals surface area contributed by atoms with Crippen molar-refractivity contribution in [3.8, 4) is 17.5 Å². The number of methoxy groups -OCH3 is 1. The second kappa shape index (κ2) is 8.40. The number of aromatic nitrogens is 3. The summed E-state index contributed by atoms with van der Waals surface area (Å²) in [4.78, 5) is 20.2. The van der Waals surface area contributed by atoms with Crippen LogP contribution in [0.4, 0.5) is 0 Å². The van der Waals surface area contributed by atoms with Crippen LogP contribution in [0.3, 0.4) is 0 Å². The molecule has 0 amide bonds. The molecule has 1 aromatic carbocycles. The number of piperidine rings is 1. The number of hydrogen-bond acceptors (Lipinski definition) is 8. The Labute approximate surface area is 189 Å². The molecule has 0 saturated carbocycles. The van der Waals surface area contributed by atoms with Gasteiger partial charge in [0.2, 0.25) is 16.7 Å². The molecular weight excluding hydrogens is 428 g/mol. The fourth-order valence-electron chi connectivity index (χ4n) is 4.28. The van der Waals surface area contributed by atoms with Gasteiger partial charge < -0.3 is 14.3 Å². The van der Waals surface area contributed by atoms with Gasteiger partial charge in [-0.2, -0.15) is 9.50 Å². The Balaban J connectivity index is 1.51. The van der Waals surface area contributed by atoms with E-state index in [1.54, 1.807) is 18.4 Å². The van der Waals surface area contributed by atoms with Crippen LogP contribution < -0.4 is 0 Å². The topological polar surface area (TPSA) is 93.1 Å². The molecule has 1 N–H and O–H groups in total. The first kappa shape index (κ1) is 20.7. The fraction of sp³-hybridized carbons (Fsp3) is 0.348. The number of ether oxygens (including phenoxy) is 1. The number of benzene rings is 1. The predicted molar refractivity (Wildman–Crippen MR) is 120 cm³/mol. The maximum absolute atomic E-state index is 12.0. The summed E-state index contributed by atoms with van der Waals surface area (Å²) in [5.41, 5.74) is 2.25. The summed E-state index contributed by atoms with van der Waals surface area (Å²) < 4.78 is 11.8. The Morgan fingerprint density at radius 1 is 1.25 bits per heavy atom. The third-order valence-electron chi connectivity index (χ3n) is 6.01. The van der Waals surface area contributed by atoms with E-state index in [1.807, 2.05) is 0 Å². The third kappa shape index (κ3) is 3.67. The van der Waals surface area contributed by atoms with Gasteiger partial charge in [0.05, 0.1) is 30.2 Å². The van der Waals surface area contributed by atoms with Gasteiger partial charge in [0.25, 0.3) is 0 Å². The highest BCUT2D eigenvalue weighted by atomic mass is 32.1. The molecule has 4 aromatic rings. The van der Waals surface area contributed by atoms with E-state index in [1.165, 1.54) is 28.5 Å². The minimum absolute atomic E-state index is 0.0796. The van der Waals surface area contributed by atoms with Gasteiger partial charge in [-0.1, -0.05) is 41.2 Å². The first-order valence-electron chi connectivity index (χ1n) is 10.6. The van der Waals surface area contributed by atoms with Crippen molar-refractivity contribution < 1.29 is 19.1 Å². The Hall–Kier alpha value is -3.17. The minimum Gasteiger partial charge on any atom is -0.492 e. The van der Waals surface area contributed by atoms with Crippen LogP contribution in [0.25, 0.3) is 16.5 Å². The molecule has 0 spiro atoms. The van der Waals surface area contributed by atoms with Crippen LogP contribution in [-0.2, 0) is 9.53 Å². The van der Waals surface area contributed by atoms with Crippen molar-refractivity contribution in [2.24, 2.45) is 5.92 Å². The highest BCUT2D eigenvalue weighted by Gasteiger charge is 2.34. The molecule has 1 atom stereocenters. The lowest BCUT2D eigenvalue weighted by Gasteiger charge is -2.36. The number of aromatic hydroxyl groups is 1. The van der Waals surface area contributed by atoms with Crippen LogP contribution in [0.5, 0.6) is 5.88 Å². The minimum atomic E-state index is -0.158. The van der Waals surface area contributed by atoms with E-state index in [0.717, 1.165) is 36.4 Å². The highest BCUT2D eigenvalue weighted by molar-refractivity contribution is 7.17. The second-order valence-electron chi connectivity index (χ2n) is 8.04. The van der Waals surface area contributed by atoms with Crippen LogP contribution in [0.2, 0.25) is 0 Å². The van der Waals surface area contributed by atoms with E-state index >= 15 is 0 Å². The second-order valence-corrected chi connectivity index (χ2v) is 9.05. The van der Waals surface area contributed by atoms with Crippen LogP contribution in [0.15, 0.2) is 47.1 Å². The van der Waals surface area contributed by atoms with Crippen LogP contribution in [0, 0.1) is 12.8 Å². The summed E-state index contributed by atoms with van der Waals surface area (Å²) in [5.74, 6) is 0.844. The summed E-state index contributed by atoms with van der Waals surface area (Å²) in [6.45, 7) is 3.50. The normalized spacial score (nSPS) is 16.4. The number of likely N-dealkylation sites (tertiary alicyclic amines) is 1. The maximum Gasteiger partial charge on any atom is 0.308 e. The molecule has 1 saturated heterocycles. The van der Waals surface area contributed by atoms with Crippen molar-refractivity contribution in [3.05, 3.63) is 58.7 Å².